The maximum absolute atomic E-state index is 11.7. The molecule has 0 fully saturated rings. The molecule has 3 rings (SSSR count). The molecule has 0 amide bonds. The molecular weight excluding hydrogens is 400 g/mol. The van der Waals surface area contributed by atoms with Gasteiger partial charge in [0.05, 0.1) is 14.6 Å². The molecular formula is C20H20O4S3. The van der Waals surface area contributed by atoms with Crippen LogP contribution in [-0.2, 0) is 0 Å². The van der Waals surface area contributed by atoms with Crippen LogP contribution in [0.3, 0.4) is 0 Å². The molecule has 0 atom stereocenters. The van der Waals surface area contributed by atoms with Gasteiger partial charge in [-0.1, -0.05) is 0 Å². The topological polar surface area (TPSA) is 71.4 Å². The normalized spacial score (nSPS) is 10.4. The SMILES string of the molecule is CC(=O)c1cc(C(c2csc(C(C)=O)c2)c2csc(C(C)=O)c2)cs1.CO. The smallest absolute Gasteiger partial charge is 0.169 e. The van der Waals surface area contributed by atoms with E-state index in [1.165, 1.54) is 34.0 Å². The Morgan fingerprint density at radius 2 is 0.926 bits per heavy atom. The first-order valence-corrected chi connectivity index (χ1v) is 10.7. The van der Waals surface area contributed by atoms with Gasteiger partial charge in [-0.25, -0.2) is 0 Å². The van der Waals surface area contributed by atoms with Gasteiger partial charge in [0.25, 0.3) is 0 Å². The van der Waals surface area contributed by atoms with Crippen LogP contribution >= 0.6 is 34.0 Å². The van der Waals surface area contributed by atoms with E-state index in [0.29, 0.717) is 14.6 Å². The summed E-state index contributed by atoms with van der Waals surface area (Å²) in [6.45, 7) is 4.67. The number of thiophene rings is 3. The minimum Gasteiger partial charge on any atom is -0.400 e. The van der Waals surface area contributed by atoms with Crippen LogP contribution in [0.25, 0.3) is 0 Å². The Balaban J connectivity index is 0.00000126. The molecule has 3 heterocycles. The summed E-state index contributed by atoms with van der Waals surface area (Å²) in [7, 11) is 1.00. The predicted molar refractivity (Wildman–Crippen MR) is 112 cm³/mol. The summed E-state index contributed by atoms with van der Waals surface area (Å²) in [6, 6.07) is 5.73. The van der Waals surface area contributed by atoms with Gasteiger partial charge in [0.15, 0.2) is 17.3 Å². The van der Waals surface area contributed by atoms with Crippen molar-refractivity contribution in [2.24, 2.45) is 0 Å². The molecule has 0 aliphatic heterocycles. The van der Waals surface area contributed by atoms with Crippen LogP contribution in [0.15, 0.2) is 34.3 Å². The van der Waals surface area contributed by atoms with Crippen LogP contribution in [0, 0.1) is 0 Å². The van der Waals surface area contributed by atoms with Gasteiger partial charge >= 0.3 is 0 Å². The Hall–Kier alpha value is -1.93. The maximum atomic E-state index is 11.7. The zero-order valence-electron chi connectivity index (χ0n) is 15.4. The van der Waals surface area contributed by atoms with Gasteiger partial charge < -0.3 is 5.11 Å². The largest absolute Gasteiger partial charge is 0.400 e. The summed E-state index contributed by atoms with van der Waals surface area (Å²) in [5, 5.41) is 13.0. The van der Waals surface area contributed by atoms with Gasteiger partial charge in [-0.15, -0.1) is 34.0 Å². The first-order chi connectivity index (χ1) is 12.9. The van der Waals surface area contributed by atoms with Gasteiger partial charge in [0.1, 0.15) is 0 Å². The average Bonchev–Trinajstić information content (AvgIpc) is 3.38. The predicted octanol–water partition coefficient (Wildman–Crippen LogP) is 5.27. The summed E-state index contributed by atoms with van der Waals surface area (Å²) < 4.78 is 0. The molecule has 0 spiro atoms. The van der Waals surface area contributed by atoms with Crippen molar-refractivity contribution >= 4 is 51.4 Å². The number of Topliss-reactive ketones (excluding diaryl/α,β-unsaturated/α-hetero) is 3. The second kappa shape index (κ2) is 9.32. The fraction of sp³-hybridized carbons (Fsp3) is 0.250. The fourth-order valence-electron chi connectivity index (χ4n) is 2.64. The van der Waals surface area contributed by atoms with Crippen LogP contribution in [0.5, 0.6) is 0 Å². The van der Waals surface area contributed by atoms with Crippen molar-refractivity contribution in [3.8, 4) is 0 Å². The first-order valence-electron chi connectivity index (χ1n) is 8.09. The molecule has 0 unspecified atom stereocenters. The van der Waals surface area contributed by atoms with Crippen molar-refractivity contribution in [3.05, 3.63) is 65.7 Å². The summed E-state index contributed by atoms with van der Waals surface area (Å²) in [5.41, 5.74) is 3.03. The lowest BCUT2D eigenvalue weighted by Gasteiger charge is -2.13. The monoisotopic (exact) mass is 420 g/mol. The van der Waals surface area contributed by atoms with E-state index >= 15 is 0 Å². The Kier molecular flexibility index (Phi) is 7.38. The average molecular weight is 421 g/mol. The number of carbonyl (C=O) groups is 3. The molecule has 0 aliphatic rings. The van der Waals surface area contributed by atoms with Crippen molar-refractivity contribution in [2.45, 2.75) is 26.7 Å². The molecule has 0 radical (unpaired) electrons. The molecule has 3 aromatic heterocycles. The Bertz CT molecular complexity index is 837. The number of rotatable bonds is 6. The number of hydrogen-bond donors (Lipinski definition) is 1. The van der Waals surface area contributed by atoms with Crippen molar-refractivity contribution < 1.29 is 19.5 Å². The highest BCUT2D eigenvalue weighted by atomic mass is 32.1. The highest BCUT2D eigenvalue weighted by Gasteiger charge is 2.23. The van der Waals surface area contributed by atoms with E-state index in [2.05, 4.69) is 0 Å². The van der Waals surface area contributed by atoms with Gasteiger partial charge in [-0.05, 0) is 71.8 Å². The lowest BCUT2D eigenvalue weighted by molar-refractivity contribution is 0.101. The standard InChI is InChI=1S/C19H16O3S3.CH4O/c1-10(20)16-4-13(7-23-16)19(14-5-17(11(2)21)24-8-14)15-6-18(12(3)22)25-9-15;1-2/h4-9,19H,1-3H3;2H,1H3. The molecule has 0 aromatic carbocycles. The van der Waals surface area contributed by atoms with Crippen molar-refractivity contribution in [3.63, 3.8) is 0 Å². The van der Waals surface area contributed by atoms with Crippen molar-refractivity contribution in [1.82, 2.24) is 0 Å². The minimum atomic E-state index is -0.0851. The second-order valence-electron chi connectivity index (χ2n) is 5.83. The number of aliphatic hydroxyl groups excluding tert-OH is 1. The van der Waals surface area contributed by atoms with Gasteiger partial charge in [0.2, 0.25) is 0 Å². The van der Waals surface area contributed by atoms with E-state index in [-0.39, 0.29) is 23.3 Å². The first kappa shape index (κ1) is 21.4. The summed E-state index contributed by atoms with van der Waals surface area (Å²) >= 11 is 4.27. The Labute approximate surface area is 170 Å². The van der Waals surface area contributed by atoms with Crippen LogP contribution < -0.4 is 0 Å². The van der Waals surface area contributed by atoms with Crippen LogP contribution in [0.1, 0.15) is 72.4 Å². The molecule has 7 heteroatoms. The Morgan fingerprint density at radius 1 is 0.667 bits per heavy atom. The summed E-state index contributed by atoms with van der Waals surface area (Å²) in [6.07, 6.45) is 0. The third-order valence-electron chi connectivity index (χ3n) is 3.90. The van der Waals surface area contributed by atoms with Crippen molar-refractivity contribution in [2.75, 3.05) is 7.11 Å². The van der Waals surface area contributed by atoms with Gasteiger partial charge in [0, 0.05) is 13.0 Å². The number of ketones is 3. The zero-order valence-corrected chi connectivity index (χ0v) is 17.9. The number of carbonyl (C=O) groups excluding carboxylic acids is 3. The second-order valence-corrected chi connectivity index (χ2v) is 8.57. The van der Waals surface area contributed by atoms with E-state index in [9.17, 15) is 14.4 Å². The molecule has 0 saturated carbocycles. The van der Waals surface area contributed by atoms with E-state index in [1.807, 2.05) is 34.3 Å². The van der Waals surface area contributed by atoms with Crippen LogP contribution in [0.2, 0.25) is 0 Å². The molecule has 4 nitrogen and oxygen atoms in total. The lowest BCUT2D eigenvalue weighted by Crippen LogP contribution is -2.00. The minimum absolute atomic E-state index is 0.0412. The zero-order chi connectivity index (χ0) is 20.1. The number of hydrogen-bond acceptors (Lipinski definition) is 7. The van der Waals surface area contributed by atoms with E-state index in [4.69, 9.17) is 5.11 Å². The van der Waals surface area contributed by atoms with Gasteiger partial charge in [-0.2, -0.15) is 0 Å². The summed E-state index contributed by atoms with van der Waals surface area (Å²) in [5.74, 6) is 0.0384. The third-order valence-corrected chi connectivity index (χ3v) is 7.05. The molecule has 3 aromatic rings. The van der Waals surface area contributed by atoms with E-state index in [0.717, 1.165) is 23.8 Å². The highest BCUT2D eigenvalue weighted by molar-refractivity contribution is 7.13. The third kappa shape index (κ3) is 4.87. The van der Waals surface area contributed by atoms with Crippen LogP contribution in [0.4, 0.5) is 0 Å². The van der Waals surface area contributed by atoms with Gasteiger partial charge in [-0.3, -0.25) is 14.4 Å². The Morgan fingerprint density at radius 3 is 1.11 bits per heavy atom. The van der Waals surface area contributed by atoms with E-state index in [1.54, 1.807) is 20.8 Å². The molecule has 1 N–H and O–H groups in total. The molecule has 0 bridgehead atoms. The lowest BCUT2D eigenvalue weighted by atomic mass is 9.89. The number of aliphatic hydroxyl groups is 1. The summed E-state index contributed by atoms with van der Waals surface area (Å²) in [4.78, 5) is 37.1. The van der Waals surface area contributed by atoms with Crippen molar-refractivity contribution in [1.29, 1.82) is 0 Å². The quantitative estimate of drug-likeness (QED) is 0.552. The molecule has 142 valence electrons. The van der Waals surface area contributed by atoms with E-state index < -0.39 is 0 Å². The highest BCUT2D eigenvalue weighted by Crippen LogP contribution is 2.38. The fourth-order valence-corrected chi connectivity index (χ4v) is 5.15. The maximum Gasteiger partial charge on any atom is 0.169 e. The molecule has 27 heavy (non-hydrogen) atoms. The van der Waals surface area contributed by atoms with Crippen LogP contribution in [-0.4, -0.2) is 29.6 Å². The molecule has 0 aliphatic carbocycles. The molecule has 0 saturated heterocycles.